The van der Waals surface area contributed by atoms with Crippen LogP contribution in [0.25, 0.3) is 0 Å². The summed E-state index contributed by atoms with van der Waals surface area (Å²) in [6.07, 6.45) is 1.86. The zero-order valence-corrected chi connectivity index (χ0v) is 11.7. The van der Waals surface area contributed by atoms with Crippen LogP contribution in [-0.2, 0) is 16.4 Å². The lowest BCUT2D eigenvalue weighted by Gasteiger charge is -2.07. The van der Waals surface area contributed by atoms with E-state index in [1.165, 1.54) is 12.3 Å². The molecule has 1 aromatic carbocycles. The molecule has 1 heterocycles. The van der Waals surface area contributed by atoms with Gasteiger partial charge < -0.3 is 0 Å². The first-order valence-corrected chi connectivity index (χ1v) is 7.74. The van der Waals surface area contributed by atoms with Crippen LogP contribution in [0.1, 0.15) is 5.56 Å². The van der Waals surface area contributed by atoms with Gasteiger partial charge in [-0.15, -0.1) is 0 Å². The normalized spacial score (nSPS) is 11.2. The van der Waals surface area contributed by atoms with Crippen molar-refractivity contribution in [3.63, 3.8) is 0 Å². The number of pyridine rings is 1. The zero-order valence-electron chi connectivity index (χ0n) is 10.1. The lowest BCUT2D eigenvalue weighted by Crippen LogP contribution is -2.18. The molecule has 0 amide bonds. The molecule has 4 nitrogen and oxygen atoms in total. The molecular formula is C13H13ClN2O2S. The van der Waals surface area contributed by atoms with Gasteiger partial charge in [-0.2, -0.15) is 0 Å². The molecule has 0 fully saturated rings. The molecule has 1 N–H and O–H groups in total. The van der Waals surface area contributed by atoms with Gasteiger partial charge in [0, 0.05) is 0 Å². The maximum Gasteiger partial charge on any atom is 0.233 e. The first-order valence-electron chi connectivity index (χ1n) is 5.71. The van der Waals surface area contributed by atoms with Crippen LogP contribution in [0.2, 0.25) is 5.15 Å². The Morgan fingerprint density at radius 3 is 2.47 bits per heavy atom. The number of hydrogen-bond acceptors (Lipinski definition) is 3. The van der Waals surface area contributed by atoms with E-state index in [0.29, 0.717) is 17.3 Å². The molecule has 1 aromatic heterocycles. The predicted molar refractivity (Wildman–Crippen MR) is 76.8 cm³/mol. The summed E-state index contributed by atoms with van der Waals surface area (Å²) >= 11 is 5.64. The Hall–Kier alpha value is -1.59. The van der Waals surface area contributed by atoms with Crippen molar-refractivity contribution in [2.75, 3.05) is 10.5 Å². The van der Waals surface area contributed by atoms with Crippen LogP contribution in [0.4, 0.5) is 5.69 Å². The fourth-order valence-corrected chi connectivity index (χ4v) is 2.76. The maximum atomic E-state index is 11.9. The average molecular weight is 297 g/mol. The topological polar surface area (TPSA) is 59.1 Å². The maximum absolute atomic E-state index is 11.9. The molecular weight excluding hydrogens is 284 g/mol. The molecule has 0 aliphatic heterocycles. The minimum absolute atomic E-state index is 0.0274. The van der Waals surface area contributed by atoms with Crippen molar-refractivity contribution in [3.8, 4) is 0 Å². The number of nitrogens with one attached hydrogen (secondary N) is 1. The number of nitrogens with zero attached hydrogens (tertiary/aromatic N) is 1. The molecule has 0 saturated heterocycles. The van der Waals surface area contributed by atoms with Crippen molar-refractivity contribution in [1.82, 2.24) is 4.98 Å². The average Bonchev–Trinajstić information content (AvgIpc) is 2.40. The van der Waals surface area contributed by atoms with E-state index in [0.717, 1.165) is 5.56 Å². The minimum Gasteiger partial charge on any atom is -0.282 e. The molecule has 0 unspecified atom stereocenters. The molecule has 0 aliphatic rings. The van der Waals surface area contributed by atoms with Gasteiger partial charge in [0.05, 0.1) is 17.6 Å². The summed E-state index contributed by atoms with van der Waals surface area (Å²) in [6.45, 7) is 0. The summed E-state index contributed by atoms with van der Waals surface area (Å²) in [6, 6.07) is 12.6. The van der Waals surface area contributed by atoms with Gasteiger partial charge in [0.15, 0.2) is 0 Å². The number of aromatic nitrogens is 1. The predicted octanol–water partition coefficient (Wildman–Crippen LogP) is 2.72. The zero-order chi connectivity index (χ0) is 13.7. The quantitative estimate of drug-likeness (QED) is 0.863. The molecule has 0 atom stereocenters. The van der Waals surface area contributed by atoms with Gasteiger partial charge >= 0.3 is 0 Å². The molecule has 0 saturated carbocycles. The molecule has 6 heteroatoms. The summed E-state index contributed by atoms with van der Waals surface area (Å²) in [7, 11) is -3.38. The Bertz CT molecular complexity index is 627. The smallest absolute Gasteiger partial charge is 0.233 e. The second-order valence-electron chi connectivity index (χ2n) is 4.03. The molecule has 2 aromatic rings. The third kappa shape index (κ3) is 4.54. The Morgan fingerprint density at radius 2 is 1.84 bits per heavy atom. The van der Waals surface area contributed by atoms with Crippen molar-refractivity contribution in [2.45, 2.75) is 6.42 Å². The number of hydrogen-bond donors (Lipinski definition) is 1. The molecule has 0 radical (unpaired) electrons. The third-order valence-corrected chi connectivity index (χ3v) is 4.01. The highest BCUT2D eigenvalue weighted by Gasteiger charge is 2.10. The second-order valence-corrected chi connectivity index (χ2v) is 6.26. The second kappa shape index (κ2) is 6.04. The van der Waals surface area contributed by atoms with Crippen LogP contribution < -0.4 is 4.72 Å². The highest BCUT2D eigenvalue weighted by molar-refractivity contribution is 7.92. The number of anilines is 1. The summed E-state index contributed by atoms with van der Waals surface area (Å²) in [5, 5.41) is 0.326. The fourth-order valence-electron chi connectivity index (χ4n) is 1.56. The lowest BCUT2D eigenvalue weighted by molar-refractivity contribution is 0.600. The highest BCUT2D eigenvalue weighted by Crippen LogP contribution is 2.12. The molecule has 2 rings (SSSR count). The Morgan fingerprint density at radius 1 is 1.11 bits per heavy atom. The Labute approximate surface area is 117 Å². The van der Waals surface area contributed by atoms with Crippen LogP contribution in [0, 0.1) is 0 Å². The van der Waals surface area contributed by atoms with Gasteiger partial charge in [-0.1, -0.05) is 41.9 Å². The summed E-state index contributed by atoms with van der Waals surface area (Å²) in [5.41, 5.74) is 1.40. The number of rotatable bonds is 5. The first kappa shape index (κ1) is 13.8. The monoisotopic (exact) mass is 296 g/mol. The van der Waals surface area contributed by atoms with E-state index in [-0.39, 0.29) is 5.75 Å². The van der Waals surface area contributed by atoms with Gasteiger partial charge in [0.1, 0.15) is 5.15 Å². The van der Waals surface area contributed by atoms with Crippen molar-refractivity contribution in [2.24, 2.45) is 0 Å². The largest absolute Gasteiger partial charge is 0.282 e. The van der Waals surface area contributed by atoms with E-state index in [9.17, 15) is 8.42 Å². The van der Waals surface area contributed by atoms with E-state index >= 15 is 0 Å². The van der Waals surface area contributed by atoms with E-state index in [1.54, 1.807) is 6.07 Å². The summed E-state index contributed by atoms with van der Waals surface area (Å²) < 4.78 is 26.2. The van der Waals surface area contributed by atoms with Crippen molar-refractivity contribution < 1.29 is 8.42 Å². The van der Waals surface area contributed by atoms with Crippen LogP contribution in [0.3, 0.4) is 0 Å². The molecule has 0 spiro atoms. The Kier molecular flexibility index (Phi) is 4.39. The summed E-state index contributed by atoms with van der Waals surface area (Å²) in [5.74, 6) is 0.0274. The van der Waals surface area contributed by atoms with Gasteiger partial charge in [-0.3, -0.25) is 4.72 Å². The lowest BCUT2D eigenvalue weighted by atomic mass is 10.2. The number of aryl methyl sites for hydroxylation is 1. The highest BCUT2D eigenvalue weighted by atomic mass is 35.5. The Balaban J connectivity index is 1.97. The van der Waals surface area contributed by atoms with Crippen LogP contribution in [0.5, 0.6) is 0 Å². The fraction of sp³-hybridized carbons (Fsp3) is 0.154. The number of benzene rings is 1. The van der Waals surface area contributed by atoms with Crippen LogP contribution in [-0.4, -0.2) is 19.2 Å². The van der Waals surface area contributed by atoms with E-state index in [1.807, 2.05) is 30.3 Å². The van der Waals surface area contributed by atoms with E-state index < -0.39 is 10.0 Å². The molecule has 100 valence electrons. The molecule has 0 aliphatic carbocycles. The van der Waals surface area contributed by atoms with Gasteiger partial charge in [-0.25, -0.2) is 13.4 Å². The molecule has 0 bridgehead atoms. The van der Waals surface area contributed by atoms with Gasteiger partial charge in [-0.05, 0) is 24.1 Å². The van der Waals surface area contributed by atoms with Gasteiger partial charge in [0.25, 0.3) is 0 Å². The van der Waals surface area contributed by atoms with Crippen LogP contribution in [0.15, 0.2) is 48.7 Å². The number of sulfonamides is 1. The standard InChI is InChI=1S/C13H13ClN2O2S/c14-13-7-6-12(10-15-13)16-19(17,18)9-8-11-4-2-1-3-5-11/h1-7,10,16H,8-9H2. The van der Waals surface area contributed by atoms with E-state index in [2.05, 4.69) is 9.71 Å². The van der Waals surface area contributed by atoms with Crippen molar-refractivity contribution in [3.05, 3.63) is 59.4 Å². The third-order valence-electron chi connectivity index (χ3n) is 2.50. The van der Waals surface area contributed by atoms with Crippen LogP contribution >= 0.6 is 11.6 Å². The SMILES string of the molecule is O=S(=O)(CCc1ccccc1)Nc1ccc(Cl)nc1. The summed E-state index contributed by atoms with van der Waals surface area (Å²) in [4.78, 5) is 3.82. The van der Waals surface area contributed by atoms with Gasteiger partial charge in [0.2, 0.25) is 10.0 Å². The van der Waals surface area contributed by atoms with Crippen molar-refractivity contribution in [1.29, 1.82) is 0 Å². The number of halogens is 1. The molecule has 19 heavy (non-hydrogen) atoms. The minimum atomic E-state index is -3.38. The first-order chi connectivity index (χ1) is 9.05. The van der Waals surface area contributed by atoms with Crippen molar-refractivity contribution >= 4 is 27.3 Å². The van der Waals surface area contributed by atoms with E-state index in [4.69, 9.17) is 11.6 Å².